The lowest BCUT2D eigenvalue weighted by atomic mass is 10.1. The van der Waals surface area contributed by atoms with Gasteiger partial charge < -0.3 is 9.30 Å². The maximum Gasteiger partial charge on any atom is 0.251 e. The standard InChI is InChI=1S/C19H16ClNO2/c1-23-17-10-8-15(9-11-17)18-6-3-7-19(22)21(18)13-14-4-2-5-16(20)12-14/h2-12H,13H2,1H3. The summed E-state index contributed by atoms with van der Waals surface area (Å²) >= 11 is 6.04. The lowest BCUT2D eigenvalue weighted by molar-refractivity contribution is 0.415. The number of methoxy groups -OCH3 is 1. The average molecular weight is 326 g/mol. The highest BCUT2D eigenvalue weighted by atomic mass is 35.5. The van der Waals surface area contributed by atoms with Gasteiger partial charge in [-0.1, -0.05) is 29.8 Å². The Hall–Kier alpha value is -2.52. The Bertz CT molecular complexity index is 869. The topological polar surface area (TPSA) is 31.2 Å². The molecule has 3 aromatic rings. The van der Waals surface area contributed by atoms with Crippen LogP contribution in [0.2, 0.25) is 5.02 Å². The Balaban J connectivity index is 2.04. The Kier molecular flexibility index (Phi) is 4.49. The number of nitrogens with zero attached hydrogens (tertiary/aromatic N) is 1. The maximum atomic E-state index is 12.3. The molecule has 0 fully saturated rings. The van der Waals surface area contributed by atoms with E-state index in [0.29, 0.717) is 11.6 Å². The van der Waals surface area contributed by atoms with Crippen molar-refractivity contribution in [2.45, 2.75) is 6.54 Å². The molecule has 4 heteroatoms. The number of rotatable bonds is 4. The zero-order chi connectivity index (χ0) is 16.2. The van der Waals surface area contributed by atoms with Gasteiger partial charge in [0.1, 0.15) is 5.75 Å². The Morgan fingerprint density at radius 3 is 2.43 bits per heavy atom. The summed E-state index contributed by atoms with van der Waals surface area (Å²) in [5.74, 6) is 0.786. The van der Waals surface area contributed by atoms with Crippen molar-refractivity contribution in [1.82, 2.24) is 4.57 Å². The minimum Gasteiger partial charge on any atom is -0.497 e. The summed E-state index contributed by atoms with van der Waals surface area (Å²) in [7, 11) is 1.63. The van der Waals surface area contributed by atoms with Crippen molar-refractivity contribution >= 4 is 11.6 Å². The van der Waals surface area contributed by atoms with Gasteiger partial charge in [-0.3, -0.25) is 4.79 Å². The van der Waals surface area contributed by atoms with E-state index >= 15 is 0 Å². The molecule has 0 atom stereocenters. The molecular formula is C19H16ClNO2. The highest BCUT2D eigenvalue weighted by Gasteiger charge is 2.07. The maximum absolute atomic E-state index is 12.3. The van der Waals surface area contributed by atoms with E-state index in [1.54, 1.807) is 23.8 Å². The largest absolute Gasteiger partial charge is 0.497 e. The minimum atomic E-state index is -0.0432. The smallest absolute Gasteiger partial charge is 0.251 e. The number of halogens is 1. The Labute approximate surface area is 139 Å². The number of hydrogen-bond donors (Lipinski definition) is 0. The fourth-order valence-corrected chi connectivity index (χ4v) is 2.73. The van der Waals surface area contributed by atoms with Crippen molar-refractivity contribution in [2.75, 3.05) is 7.11 Å². The van der Waals surface area contributed by atoms with E-state index in [9.17, 15) is 4.79 Å². The summed E-state index contributed by atoms with van der Waals surface area (Å²) in [6, 6.07) is 20.5. The molecule has 3 nitrogen and oxygen atoms in total. The van der Waals surface area contributed by atoms with E-state index in [2.05, 4.69) is 0 Å². The molecule has 116 valence electrons. The van der Waals surface area contributed by atoms with Crippen molar-refractivity contribution in [3.05, 3.63) is 87.7 Å². The summed E-state index contributed by atoms with van der Waals surface area (Å²) in [6.07, 6.45) is 0. The van der Waals surface area contributed by atoms with Crippen LogP contribution in [0.25, 0.3) is 11.3 Å². The highest BCUT2D eigenvalue weighted by Crippen LogP contribution is 2.22. The van der Waals surface area contributed by atoms with Gasteiger partial charge in [-0.05, 0) is 53.6 Å². The van der Waals surface area contributed by atoms with E-state index < -0.39 is 0 Å². The average Bonchev–Trinajstić information content (AvgIpc) is 2.57. The van der Waals surface area contributed by atoms with Crippen LogP contribution in [-0.4, -0.2) is 11.7 Å². The number of benzene rings is 2. The van der Waals surface area contributed by atoms with Gasteiger partial charge in [-0.15, -0.1) is 0 Å². The van der Waals surface area contributed by atoms with Crippen LogP contribution in [0.5, 0.6) is 5.75 Å². The molecule has 0 unspecified atom stereocenters. The first kappa shape index (κ1) is 15.4. The fourth-order valence-electron chi connectivity index (χ4n) is 2.52. The molecule has 2 aromatic carbocycles. The monoisotopic (exact) mass is 325 g/mol. The normalized spacial score (nSPS) is 10.5. The Morgan fingerprint density at radius 1 is 1.00 bits per heavy atom. The van der Waals surface area contributed by atoms with Gasteiger partial charge in [0.05, 0.1) is 19.3 Å². The van der Waals surface area contributed by atoms with Crippen LogP contribution in [0, 0.1) is 0 Å². The summed E-state index contributed by atoms with van der Waals surface area (Å²) in [6.45, 7) is 0.474. The lowest BCUT2D eigenvalue weighted by Gasteiger charge is -2.13. The van der Waals surface area contributed by atoms with Gasteiger partial charge in [0.2, 0.25) is 0 Å². The van der Waals surface area contributed by atoms with Gasteiger partial charge in [0.25, 0.3) is 5.56 Å². The molecule has 0 spiro atoms. The number of ether oxygens (including phenoxy) is 1. The second-order valence-corrected chi connectivity index (χ2v) is 5.63. The van der Waals surface area contributed by atoms with Gasteiger partial charge >= 0.3 is 0 Å². The van der Waals surface area contributed by atoms with Gasteiger partial charge in [-0.2, -0.15) is 0 Å². The van der Waals surface area contributed by atoms with E-state index in [0.717, 1.165) is 22.6 Å². The first-order valence-electron chi connectivity index (χ1n) is 7.26. The molecule has 0 aliphatic rings. The summed E-state index contributed by atoms with van der Waals surface area (Å²) in [5.41, 5.74) is 2.77. The highest BCUT2D eigenvalue weighted by molar-refractivity contribution is 6.30. The van der Waals surface area contributed by atoms with Crippen molar-refractivity contribution in [2.24, 2.45) is 0 Å². The SMILES string of the molecule is COc1ccc(-c2cccc(=O)n2Cc2cccc(Cl)c2)cc1. The van der Waals surface area contributed by atoms with Gasteiger partial charge in [0, 0.05) is 11.1 Å². The molecule has 1 heterocycles. The molecule has 0 radical (unpaired) electrons. The van der Waals surface area contributed by atoms with Crippen LogP contribution in [0.3, 0.4) is 0 Å². The molecule has 0 aliphatic carbocycles. The van der Waals surface area contributed by atoms with Crippen LogP contribution in [0.4, 0.5) is 0 Å². The van der Waals surface area contributed by atoms with Crippen LogP contribution in [0.1, 0.15) is 5.56 Å². The predicted molar refractivity (Wildman–Crippen MR) is 93.2 cm³/mol. The van der Waals surface area contributed by atoms with Crippen LogP contribution < -0.4 is 10.3 Å². The molecular weight excluding hydrogens is 310 g/mol. The molecule has 3 rings (SSSR count). The number of pyridine rings is 1. The third-order valence-corrected chi connectivity index (χ3v) is 3.90. The van der Waals surface area contributed by atoms with Gasteiger partial charge in [0.15, 0.2) is 0 Å². The molecule has 0 saturated heterocycles. The molecule has 23 heavy (non-hydrogen) atoms. The predicted octanol–water partition coefficient (Wildman–Crippen LogP) is 4.23. The molecule has 1 aromatic heterocycles. The van der Waals surface area contributed by atoms with E-state index in [1.165, 1.54) is 0 Å². The third kappa shape index (κ3) is 3.46. The second kappa shape index (κ2) is 6.71. The first-order chi connectivity index (χ1) is 11.2. The lowest BCUT2D eigenvalue weighted by Crippen LogP contribution is -2.21. The van der Waals surface area contributed by atoms with Crippen molar-refractivity contribution in [3.63, 3.8) is 0 Å². The van der Waals surface area contributed by atoms with E-state index in [-0.39, 0.29) is 5.56 Å². The summed E-state index contributed by atoms with van der Waals surface area (Å²) in [5, 5.41) is 0.664. The molecule has 0 amide bonds. The number of aromatic nitrogens is 1. The zero-order valence-electron chi connectivity index (χ0n) is 12.7. The summed E-state index contributed by atoms with van der Waals surface area (Å²) < 4.78 is 6.93. The summed E-state index contributed by atoms with van der Waals surface area (Å²) in [4.78, 5) is 12.3. The minimum absolute atomic E-state index is 0.0432. The van der Waals surface area contributed by atoms with E-state index in [1.807, 2.05) is 54.6 Å². The number of hydrogen-bond acceptors (Lipinski definition) is 2. The fraction of sp³-hybridized carbons (Fsp3) is 0.105. The van der Waals surface area contributed by atoms with Crippen LogP contribution in [0.15, 0.2) is 71.5 Å². The molecule has 0 bridgehead atoms. The van der Waals surface area contributed by atoms with Crippen molar-refractivity contribution in [3.8, 4) is 17.0 Å². The third-order valence-electron chi connectivity index (χ3n) is 3.67. The molecule has 0 N–H and O–H groups in total. The van der Waals surface area contributed by atoms with E-state index in [4.69, 9.17) is 16.3 Å². The Morgan fingerprint density at radius 2 is 1.74 bits per heavy atom. The second-order valence-electron chi connectivity index (χ2n) is 5.19. The van der Waals surface area contributed by atoms with Crippen LogP contribution in [-0.2, 0) is 6.54 Å². The zero-order valence-corrected chi connectivity index (χ0v) is 13.5. The first-order valence-corrected chi connectivity index (χ1v) is 7.64. The molecule has 0 aliphatic heterocycles. The van der Waals surface area contributed by atoms with Crippen LogP contribution >= 0.6 is 11.6 Å². The quantitative estimate of drug-likeness (QED) is 0.719. The van der Waals surface area contributed by atoms with Crippen molar-refractivity contribution < 1.29 is 4.74 Å². The van der Waals surface area contributed by atoms with Crippen molar-refractivity contribution in [1.29, 1.82) is 0 Å². The van der Waals surface area contributed by atoms with Gasteiger partial charge in [-0.25, -0.2) is 0 Å². The molecule has 0 saturated carbocycles.